The lowest BCUT2D eigenvalue weighted by Gasteiger charge is -1.99. The fourth-order valence-corrected chi connectivity index (χ4v) is 0.941. The predicted octanol–water partition coefficient (Wildman–Crippen LogP) is 3.20. The van der Waals surface area contributed by atoms with Crippen LogP contribution in [0.5, 0.6) is 0 Å². The van der Waals surface area contributed by atoms with Gasteiger partial charge in [0, 0.05) is 0 Å². The summed E-state index contributed by atoms with van der Waals surface area (Å²) in [6.07, 6.45) is 7.13. The minimum atomic E-state index is 0.697. The normalized spacial score (nSPS) is 9.36. The van der Waals surface area contributed by atoms with Crippen molar-refractivity contribution in [3.8, 4) is 0 Å². The van der Waals surface area contributed by atoms with Crippen LogP contribution in [0.25, 0.3) is 6.08 Å². The maximum atomic E-state index is 5.55. The van der Waals surface area contributed by atoms with Gasteiger partial charge in [-0.2, -0.15) is 0 Å². The van der Waals surface area contributed by atoms with Crippen LogP contribution in [0.3, 0.4) is 0 Å². The molecule has 0 fully saturated rings. The van der Waals surface area contributed by atoms with Gasteiger partial charge in [-0.1, -0.05) is 32.6 Å². The molecule has 0 saturated heterocycles. The van der Waals surface area contributed by atoms with Crippen LogP contribution < -0.4 is 5.73 Å². The van der Waals surface area contributed by atoms with Gasteiger partial charge in [-0.05, 0) is 24.6 Å². The van der Waals surface area contributed by atoms with Crippen LogP contribution in [0, 0.1) is 6.92 Å². The van der Waals surface area contributed by atoms with Crippen molar-refractivity contribution in [1.82, 2.24) is 4.98 Å². The molecular formula is C12H18N2. The second-order valence-electron chi connectivity index (χ2n) is 2.57. The fourth-order valence-electron chi connectivity index (χ4n) is 0.941. The van der Waals surface area contributed by atoms with E-state index in [-0.39, 0.29) is 0 Å². The van der Waals surface area contributed by atoms with E-state index in [0.717, 1.165) is 11.3 Å². The van der Waals surface area contributed by atoms with Gasteiger partial charge in [0.25, 0.3) is 0 Å². The topological polar surface area (TPSA) is 38.9 Å². The smallest absolute Gasteiger partial charge is 0.0660 e. The van der Waals surface area contributed by atoms with Crippen molar-refractivity contribution in [3.05, 3.63) is 42.3 Å². The molecule has 0 saturated carbocycles. The molecule has 2 heteroatoms. The number of allylic oxidation sites excluding steroid dienone is 2. The van der Waals surface area contributed by atoms with E-state index in [9.17, 15) is 0 Å². The molecule has 0 aromatic carbocycles. The second kappa shape index (κ2) is 6.89. The summed E-state index contributed by atoms with van der Waals surface area (Å²) in [4.78, 5) is 4.16. The number of nitrogens with zero attached hydrogens (tertiary/aromatic N) is 1. The molecule has 14 heavy (non-hydrogen) atoms. The number of hydrogen-bond acceptors (Lipinski definition) is 2. The Balaban J connectivity index is 0.000000791. The van der Waals surface area contributed by atoms with Crippen LogP contribution in [0.15, 0.2) is 31.0 Å². The first kappa shape index (κ1) is 12.4. The summed E-state index contributed by atoms with van der Waals surface area (Å²) in [6.45, 7) is 9.56. The molecule has 1 aromatic rings. The third kappa shape index (κ3) is 3.90. The Labute approximate surface area is 86.2 Å². The summed E-state index contributed by atoms with van der Waals surface area (Å²) in [6, 6.07) is 1.90. The van der Waals surface area contributed by atoms with Gasteiger partial charge in [0.2, 0.25) is 0 Å². The lowest BCUT2D eigenvalue weighted by atomic mass is 10.2. The first-order valence-electron chi connectivity index (χ1n) is 4.75. The average Bonchev–Trinajstić information content (AvgIpc) is 2.20. The highest BCUT2D eigenvalue weighted by Crippen LogP contribution is 2.10. The summed E-state index contributed by atoms with van der Waals surface area (Å²) >= 11 is 0. The lowest BCUT2D eigenvalue weighted by Crippen LogP contribution is -1.91. The molecule has 0 unspecified atom stereocenters. The summed E-state index contributed by atoms with van der Waals surface area (Å²) in [5.74, 6) is 0. The monoisotopic (exact) mass is 190 g/mol. The summed E-state index contributed by atoms with van der Waals surface area (Å²) in [5, 5.41) is 0. The Hall–Kier alpha value is -1.57. The molecule has 0 aliphatic rings. The van der Waals surface area contributed by atoms with Gasteiger partial charge in [-0.3, -0.25) is 4.98 Å². The number of anilines is 1. The van der Waals surface area contributed by atoms with E-state index in [1.54, 1.807) is 12.3 Å². The van der Waals surface area contributed by atoms with Crippen molar-refractivity contribution in [2.75, 3.05) is 5.73 Å². The Morgan fingerprint density at radius 3 is 2.57 bits per heavy atom. The Morgan fingerprint density at radius 2 is 2.07 bits per heavy atom. The van der Waals surface area contributed by atoms with Crippen LogP contribution in [-0.4, -0.2) is 4.98 Å². The number of hydrogen-bond donors (Lipinski definition) is 1. The third-order valence-corrected chi connectivity index (χ3v) is 1.53. The highest BCUT2D eigenvalue weighted by atomic mass is 14.7. The molecule has 0 amide bonds. The Bertz CT molecular complexity index is 314. The first-order chi connectivity index (χ1) is 6.74. The van der Waals surface area contributed by atoms with Crippen molar-refractivity contribution in [2.24, 2.45) is 0 Å². The van der Waals surface area contributed by atoms with E-state index in [4.69, 9.17) is 5.73 Å². The van der Waals surface area contributed by atoms with E-state index in [2.05, 4.69) is 11.6 Å². The first-order valence-corrected chi connectivity index (χ1v) is 4.75. The van der Waals surface area contributed by atoms with E-state index in [1.807, 2.05) is 39.0 Å². The van der Waals surface area contributed by atoms with Gasteiger partial charge in [-0.15, -0.1) is 0 Å². The molecule has 0 radical (unpaired) electrons. The van der Waals surface area contributed by atoms with Gasteiger partial charge >= 0.3 is 0 Å². The Kier molecular flexibility index (Phi) is 6.12. The van der Waals surface area contributed by atoms with Crippen molar-refractivity contribution in [1.29, 1.82) is 0 Å². The van der Waals surface area contributed by atoms with E-state index >= 15 is 0 Å². The molecule has 1 aromatic heterocycles. The molecule has 0 atom stereocenters. The molecule has 2 nitrogen and oxygen atoms in total. The average molecular weight is 190 g/mol. The molecule has 0 aliphatic carbocycles. The molecule has 0 aliphatic heterocycles. The summed E-state index contributed by atoms with van der Waals surface area (Å²) in [7, 11) is 0. The molecular weight excluding hydrogens is 172 g/mol. The van der Waals surface area contributed by atoms with Crippen molar-refractivity contribution < 1.29 is 0 Å². The van der Waals surface area contributed by atoms with E-state index < -0.39 is 0 Å². The number of rotatable bonds is 2. The van der Waals surface area contributed by atoms with Gasteiger partial charge in [0.05, 0.1) is 17.6 Å². The largest absolute Gasteiger partial charge is 0.397 e. The van der Waals surface area contributed by atoms with Crippen molar-refractivity contribution in [2.45, 2.75) is 20.8 Å². The quantitative estimate of drug-likeness (QED) is 0.727. The molecule has 2 N–H and O–H groups in total. The van der Waals surface area contributed by atoms with Gasteiger partial charge in [-0.25, -0.2) is 0 Å². The SMILES string of the molecule is C=C/C=C\c1ncc(N)cc1C.CC. The van der Waals surface area contributed by atoms with Crippen LogP contribution in [0.4, 0.5) is 5.69 Å². The molecule has 0 spiro atoms. The maximum Gasteiger partial charge on any atom is 0.0660 e. The van der Waals surface area contributed by atoms with Crippen LogP contribution in [0.1, 0.15) is 25.1 Å². The van der Waals surface area contributed by atoms with E-state index in [0.29, 0.717) is 5.69 Å². The second-order valence-corrected chi connectivity index (χ2v) is 2.57. The zero-order valence-electron chi connectivity index (χ0n) is 9.12. The Morgan fingerprint density at radius 1 is 1.43 bits per heavy atom. The number of aromatic nitrogens is 1. The zero-order valence-corrected chi connectivity index (χ0v) is 9.12. The molecule has 1 rings (SSSR count). The predicted molar refractivity (Wildman–Crippen MR) is 64.0 cm³/mol. The van der Waals surface area contributed by atoms with Gasteiger partial charge in [0.15, 0.2) is 0 Å². The minimum Gasteiger partial charge on any atom is -0.397 e. The fraction of sp³-hybridized carbons (Fsp3) is 0.250. The number of nitrogens with two attached hydrogens (primary N) is 1. The highest BCUT2D eigenvalue weighted by molar-refractivity contribution is 5.53. The number of pyridine rings is 1. The standard InChI is InChI=1S/C10H12N2.C2H6/c1-3-4-5-10-8(2)6-9(11)7-12-10;1-2/h3-7H,1,11H2,2H3;1-2H3/b5-4-;. The summed E-state index contributed by atoms with van der Waals surface area (Å²) < 4.78 is 0. The van der Waals surface area contributed by atoms with Crippen molar-refractivity contribution >= 4 is 11.8 Å². The van der Waals surface area contributed by atoms with Crippen LogP contribution in [-0.2, 0) is 0 Å². The minimum absolute atomic E-state index is 0.697. The summed E-state index contributed by atoms with van der Waals surface area (Å²) in [5.41, 5.74) is 8.26. The molecule has 0 bridgehead atoms. The lowest BCUT2D eigenvalue weighted by molar-refractivity contribution is 1.24. The van der Waals surface area contributed by atoms with Gasteiger partial charge in [0.1, 0.15) is 0 Å². The van der Waals surface area contributed by atoms with Crippen LogP contribution in [0.2, 0.25) is 0 Å². The molecule has 1 heterocycles. The number of nitrogen functional groups attached to an aromatic ring is 1. The van der Waals surface area contributed by atoms with E-state index in [1.165, 1.54) is 0 Å². The molecule has 76 valence electrons. The third-order valence-electron chi connectivity index (χ3n) is 1.53. The van der Waals surface area contributed by atoms with Crippen LogP contribution >= 0.6 is 0 Å². The van der Waals surface area contributed by atoms with Gasteiger partial charge < -0.3 is 5.73 Å². The van der Waals surface area contributed by atoms with Crippen molar-refractivity contribution in [3.63, 3.8) is 0 Å². The maximum absolute atomic E-state index is 5.55. The zero-order chi connectivity index (χ0) is 11.0. The number of aryl methyl sites for hydroxylation is 1. The highest BCUT2D eigenvalue weighted by Gasteiger charge is 1.94.